The topological polar surface area (TPSA) is 65.5 Å². The molecule has 32 heavy (non-hydrogen) atoms. The van der Waals surface area contributed by atoms with Crippen LogP contribution in [0.25, 0.3) is 22.4 Å². The highest BCUT2D eigenvalue weighted by Crippen LogP contribution is 2.38. The first-order valence-corrected chi connectivity index (χ1v) is 11.1. The average molecular weight is 468 g/mol. The highest BCUT2D eigenvalue weighted by molar-refractivity contribution is 7.17. The number of aromatic nitrogens is 2. The summed E-state index contributed by atoms with van der Waals surface area (Å²) < 4.78 is 17.3. The zero-order valence-electron chi connectivity index (χ0n) is 17.9. The van der Waals surface area contributed by atoms with Crippen LogP contribution in [-0.4, -0.2) is 31.3 Å². The predicted molar refractivity (Wildman–Crippen MR) is 131 cm³/mol. The van der Waals surface area contributed by atoms with Gasteiger partial charge in [0.25, 0.3) is 0 Å². The lowest BCUT2D eigenvalue weighted by atomic mass is 10.1. The number of anilines is 1. The van der Waals surface area contributed by atoms with Gasteiger partial charge in [0, 0.05) is 11.6 Å². The second kappa shape index (κ2) is 9.89. The Morgan fingerprint density at radius 2 is 1.72 bits per heavy atom. The summed E-state index contributed by atoms with van der Waals surface area (Å²) in [6.45, 7) is 0.569. The summed E-state index contributed by atoms with van der Waals surface area (Å²) >= 11 is 7.90. The highest BCUT2D eigenvalue weighted by atomic mass is 35.5. The third-order valence-corrected chi connectivity index (χ3v) is 6.12. The molecular weight excluding hydrogens is 446 g/mol. The van der Waals surface area contributed by atoms with Crippen molar-refractivity contribution < 1.29 is 14.2 Å². The minimum atomic E-state index is 0.550. The van der Waals surface area contributed by atoms with E-state index in [2.05, 4.69) is 10.3 Å². The summed E-state index contributed by atoms with van der Waals surface area (Å²) in [5.74, 6) is 3.08. The molecule has 0 aliphatic carbocycles. The second-order valence-electron chi connectivity index (χ2n) is 6.80. The van der Waals surface area contributed by atoms with Crippen molar-refractivity contribution in [2.45, 2.75) is 6.54 Å². The van der Waals surface area contributed by atoms with E-state index in [1.54, 1.807) is 32.7 Å². The van der Waals surface area contributed by atoms with Gasteiger partial charge in [0.05, 0.1) is 31.5 Å². The van der Waals surface area contributed by atoms with Crippen molar-refractivity contribution >= 4 is 51.1 Å². The molecule has 0 spiro atoms. The molecule has 0 aliphatic heterocycles. The number of hydrogen-bond acceptors (Lipinski definition) is 7. The zero-order valence-corrected chi connectivity index (χ0v) is 19.5. The van der Waals surface area contributed by atoms with Gasteiger partial charge >= 0.3 is 0 Å². The van der Waals surface area contributed by atoms with Crippen molar-refractivity contribution in [3.63, 3.8) is 0 Å². The minimum Gasteiger partial charge on any atom is -0.493 e. The van der Waals surface area contributed by atoms with Crippen LogP contribution in [0.4, 0.5) is 5.82 Å². The maximum Gasteiger partial charge on any atom is 0.203 e. The SMILES string of the molecule is COc1cc(/C=C/c2nc(NCc3ccccc3Cl)c3sccc3n2)cc(OC)c1OC. The molecule has 8 heteroatoms. The van der Waals surface area contributed by atoms with Gasteiger partial charge in [-0.2, -0.15) is 0 Å². The molecule has 164 valence electrons. The molecule has 0 fully saturated rings. The van der Waals surface area contributed by atoms with Crippen LogP contribution in [0.2, 0.25) is 5.02 Å². The number of methoxy groups -OCH3 is 3. The maximum atomic E-state index is 6.30. The molecule has 0 bridgehead atoms. The van der Waals surface area contributed by atoms with Crippen molar-refractivity contribution in [2.75, 3.05) is 26.6 Å². The average Bonchev–Trinajstić information content (AvgIpc) is 3.30. The first-order valence-electron chi connectivity index (χ1n) is 9.83. The molecule has 0 amide bonds. The van der Waals surface area contributed by atoms with Gasteiger partial charge in [0.2, 0.25) is 5.75 Å². The van der Waals surface area contributed by atoms with Gasteiger partial charge in [0.15, 0.2) is 17.3 Å². The molecule has 1 N–H and O–H groups in total. The fourth-order valence-electron chi connectivity index (χ4n) is 3.26. The van der Waals surface area contributed by atoms with Crippen LogP contribution in [0.3, 0.4) is 0 Å². The Morgan fingerprint density at radius 1 is 0.969 bits per heavy atom. The highest BCUT2D eigenvalue weighted by Gasteiger charge is 2.13. The van der Waals surface area contributed by atoms with E-state index < -0.39 is 0 Å². The number of fused-ring (bicyclic) bond motifs is 1. The molecule has 2 aromatic heterocycles. The normalized spacial score (nSPS) is 11.1. The lowest BCUT2D eigenvalue weighted by Gasteiger charge is -2.12. The lowest BCUT2D eigenvalue weighted by Crippen LogP contribution is -2.03. The Hall–Kier alpha value is -3.29. The standard InChI is InChI=1S/C24H22ClN3O3S/c1-29-19-12-15(13-20(30-2)22(19)31-3)8-9-21-27-18-10-11-32-23(18)24(28-21)26-14-16-6-4-5-7-17(16)25/h4-13H,14H2,1-3H3,(H,26,27,28)/b9-8+. The van der Waals surface area contributed by atoms with Crippen molar-refractivity contribution in [3.05, 3.63) is 69.8 Å². The number of benzene rings is 2. The first-order chi connectivity index (χ1) is 15.6. The van der Waals surface area contributed by atoms with Crippen LogP contribution in [0, 0.1) is 0 Å². The first kappa shape index (κ1) is 21.9. The molecule has 0 aliphatic rings. The van der Waals surface area contributed by atoms with Gasteiger partial charge in [-0.3, -0.25) is 0 Å². The molecule has 0 atom stereocenters. The lowest BCUT2D eigenvalue weighted by molar-refractivity contribution is 0.324. The van der Waals surface area contributed by atoms with E-state index in [4.69, 9.17) is 30.8 Å². The Bertz CT molecular complexity index is 1250. The fraction of sp³-hybridized carbons (Fsp3) is 0.167. The van der Waals surface area contributed by atoms with Gasteiger partial charge in [0.1, 0.15) is 5.82 Å². The number of nitrogens with one attached hydrogen (secondary N) is 1. The van der Waals surface area contributed by atoms with Crippen molar-refractivity contribution in [1.82, 2.24) is 9.97 Å². The van der Waals surface area contributed by atoms with Crippen LogP contribution >= 0.6 is 22.9 Å². The van der Waals surface area contributed by atoms with E-state index in [1.807, 2.05) is 60.0 Å². The van der Waals surface area contributed by atoms with Crippen molar-refractivity contribution in [3.8, 4) is 17.2 Å². The Balaban J connectivity index is 1.64. The second-order valence-corrected chi connectivity index (χ2v) is 8.13. The smallest absolute Gasteiger partial charge is 0.203 e. The van der Waals surface area contributed by atoms with Crippen molar-refractivity contribution in [2.24, 2.45) is 0 Å². The Labute approximate surface area is 195 Å². The molecule has 0 saturated carbocycles. The zero-order chi connectivity index (χ0) is 22.5. The summed E-state index contributed by atoms with van der Waals surface area (Å²) in [5, 5.41) is 6.13. The van der Waals surface area contributed by atoms with E-state index in [1.165, 1.54) is 0 Å². The van der Waals surface area contributed by atoms with Gasteiger partial charge in [-0.15, -0.1) is 11.3 Å². The molecule has 0 saturated heterocycles. The van der Waals surface area contributed by atoms with Crippen LogP contribution in [0.1, 0.15) is 17.0 Å². The van der Waals surface area contributed by atoms with E-state index in [9.17, 15) is 0 Å². The van der Waals surface area contributed by atoms with Crippen LogP contribution in [0.5, 0.6) is 17.2 Å². The molecule has 0 unspecified atom stereocenters. The van der Waals surface area contributed by atoms with E-state index in [-0.39, 0.29) is 0 Å². The molecule has 0 radical (unpaired) electrons. The summed E-state index contributed by atoms with van der Waals surface area (Å²) in [4.78, 5) is 9.38. The van der Waals surface area contributed by atoms with Gasteiger partial charge in [-0.1, -0.05) is 35.9 Å². The quantitative estimate of drug-likeness (QED) is 0.335. The van der Waals surface area contributed by atoms with Gasteiger partial charge in [-0.25, -0.2) is 9.97 Å². The summed E-state index contributed by atoms with van der Waals surface area (Å²) in [6.07, 6.45) is 3.77. The summed E-state index contributed by atoms with van der Waals surface area (Å²) in [5.41, 5.74) is 2.77. The van der Waals surface area contributed by atoms with Gasteiger partial charge in [-0.05, 0) is 46.8 Å². The largest absolute Gasteiger partial charge is 0.493 e. The monoisotopic (exact) mass is 467 g/mol. The number of rotatable bonds is 8. The maximum absolute atomic E-state index is 6.30. The number of nitrogens with zero attached hydrogens (tertiary/aromatic N) is 2. The van der Waals surface area contributed by atoms with E-state index in [0.29, 0.717) is 29.6 Å². The van der Waals surface area contributed by atoms with E-state index >= 15 is 0 Å². The fourth-order valence-corrected chi connectivity index (χ4v) is 4.26. The van der Waals surface area contributed by atoms with E-state index in [0.717, 1.165) is 32.2 Å². The molecule has 4 rings (SSSR count). The predicted octanol–water partition coefficient (Wildman–Crippen LogP) is 6.15. The third kappa shape index (κ3) is 4.64. The number of hydrogen-bond donors (Lipinski definition) is 1. The van der Waals surface area contributed by atoms with Gasteiger partial charge < -0.3 is 19.5 Å². The summed E-state index contributed by atoms with van der Waals surface area (Å²) in [6, 6.07) is 13.5. The summed E-state index contributed by atoms with van der Waals surface area (Å²) in [7, 11) is 4.77. The molecule has 4 aromatic rings. The molecule has 2 heterocycles. The number of thiophene rings is 1. The Kier molecular flexibility index (Phi) is 6.78. The van der Waals surface area contributed by atoms with Crippen LogP contribution < -0.4 is 19.5 Å². The van der Waals surface area contributed by atoms with Crippen molar-refractivity contribution in [1.29, 1.82) is 0 Å². The molecule has 2 aromatic carbocycles. The molecule has 6 nitrogen and oxygen atoms in total. The third-order valence-electron chi connectivity index (χ3n) is 4.84. The van der Waals surface area contributed by atoms with Crippen LogP contribution in [0.15, 0.2) is 47.8 Å². The Morgan fingerprint density at radius 3 is 2.41 bits per heavy atom. The molecular formula is C24H22ClN3O3S. The minimum absolute atomic E-state index is 0.550. The van der Waals surface area contributed by atoms with Crippen LogP contribution in [-0.2, 0) is 6.54 Å². The number of halogens is 1. The number of ether oxygens (including phenoxy) is 3.